The van der Waals surface area contributed by atoms with Crippen LogP contribution in [0.4, 0.5) is 18.9 Å². The maximum absolute atomic E-state index is 13.5. The molecule has 1 aliphatic heterocycles. The fourth-order valence-electron chi connectivity index (χ4n) is 5.30. The lowest BCUT2D eigenvalue weighted by molar-refractivity contribution is -0.385. The van der Waals surface area contributed by atoms with Crippen molar-refractivity contribution in [1.29, 1.82) is 0 Å². The predicted molar refractivity (Wildman–Crippen MR) is 143 cm³/mol. The van der Waals surface area contributed by atoms with Crippen LogP contribution >= 0.6 is 0 Å². The lowest BCUT2D eigenvalue weighted by Crippen LogP contribution is -2.42. The lowest BCUT2D eigenvalue weighted by Gasteiger charge is -2.32. The van der Waals surface area contributed by atoms with Crippen molar-refractivity contribution < 1.29 is 22.9 Å². The highest BCUT2D eigenvalue weighted by atomic mass is 19.4. The number of amides is 1. The number of nitro benzene ring substituents is 1. The Hall–Kier alpha value is -3.72. The van der Waals surface area contributed by atoms with E-state index in [1.165, 1.54) is 18.2 Å². The van der Waals surface area contributed by atoms with E-state index in [4.69, 9.17) is 0 Å². The molecule has 206 valence electrons. The van der Waals surface area contributed by atoms with Crippen LogP contribution < -0.4 is 0 Å². The zero-order chi connectivity index (χ0) is 28.3. The van der Waals surface area contributed by atoms with Crippen LogP contribution in [-0.4, -0.2) is 46.3 Å². The number of hydrogen-bond acceptors (Lipinski definition) is 4. The molecule has 0 N–H and O–H groups in total. The van der Waals surface area contributed by atoms with Crippen molar-refractivity contribution in [1.82, 2.24) is 9.80 Å². The summed E-state index contributed by atoms with van der Waals surface area (Å²) in [5.74, 6) is -0.597. The smallest absolute Gasteiger partial charge is 0.336 e. The van der Waals surface area contributed by atoms with E-state index in [0.29, 0.717) is 36.3 Å². The number of carbonyl (C=O) groups excluding carboxylic acids is 1. The van der Waals surface area contributed by atoms with E-state index >= 15 is 0 Å². The van der Waals surface area contributed by atoms with Crippen LogP contribution in [0.3, 0.4) is 0 Å². The number of likely N-dealkylation sites (tertiary alicyclic amines) is 1. The summed E-state index contributed by atoms with van der Waals surface area (Å²) in [5, 5.41) is 11.6. The van der Waals surface area contributed by atoms with Gasteiger partial charge in [-0.3, -0.25) is 19.8 Å². The van der Waals surface area contributed by atoms with Gasteiger partial charge >= 0.3 is 6.18 Å². The average Bonchev–Trinajstić information content (AvgIpc) is 3.29. The molecule has 0 spiro atoms. The minimum Gasteiger partial charge on any atom is -0.336 e. The van der Waals surface area contributed by atoms with E-state index in [2.05, 4.69) is 0 Å². The third-order valence-corrected chi connectivity index (χ3v) is 7.35. The number of para-hydroxylation sites is 1. The first kappa shape index (κ1) is 28.3. The van der Waals surface area contributed by atoms with E-state index in [9.17, 15) is 28.1 Å². The zero-order valence-electron chi connectivity index (χ0n) is 22.2. The van der Waals surface area contributed by atoms with Crippen LogP contribution in [0.15, 0.2) is 72.8 Å². The maximum Gasteiger partial charge on any atom is 0.416 e. The molecule has 1 amide bonds. The summed E-state index contributed by atoms with van der Waals surface area (Å²) in [7, 11) is 0. The topological polar surface area (TPSA) is 66.7 Å². The molecular formula is C30H32F3N3O3. The molecule has 2 atom stereocenters. The molecule has 1 fully saturated rings. The van der Waals surface area contributed by atoms with Crippen LogP contribution in [0.5, 0.6) is 0 Å². The average molecular weight is 540 g/mol. The van der Waals surface area contributed by atoms with Gasteiger partial charge in [0.1, 0.15) is 0 Å². The number of rotatable bonds is 8. The minimum atomic E-state index is -4.47. The monoisotopic (exact) mass is 539 g/mol. The third-order valence-electron chi connectivity index (χ3n) is 7.35. The molecule has 1 heterocycles. The first-order valence-corrected chi connectivity index (χ1v) is 12.9. The number of halogens is 3. The second-order valence-electron chi connectivity index (χ2n) is 10.5. The summed E-state index contributed by atoms with van der Waals surface area (Å²) < 4.78 is 40.6. The standard InChI is InChI=1S/C30H32F3N3O3/c1-20(2)35(29(37)22-13-11-21(3)12-14-22)18-25-17-34(16-24-7-4-5-10-28(24)36(38)39)19-27(25)23-8-6-9-26(15-23)30(31,32)33/h4-15,20,25,27H,16-19H2,1-3H3. The number of carbonyl (C=O) groups is 1. The minimum absolute atomic E-state index is 0.00919. The fourth-order valence-corrected chi connectivity index (χ4v) is 5.30. The molecule has 6 nitrogen and oxygen atoms in total. The van der Waals surface area contributed by atoms with Gasteiger partial charge in [0, 0.05) is 55.3 Å². The highest BCUT2D eigenvalue weighted by Crippen LogP contribution is 2.38. The largest absolute Gasteiger partial charge is 0.416 e. The Bertz CT molecular complexity index is 1320. The fraction of sp³-hybridized carbons (Fsp3) is 0.367. The van der Waals surface area contributed by atoms with Crippen molar-refractivity contribution in [2.75, 3.05) is 19.6 Å². The van der Waals surface area contributed by atoms with Gasteiger partial charge in [-0.15, -0.1) is 0 Å². The molecular weight excluding hydrogens is 507 g/mol. The number of aryl methyl sites for hydroxylation is 1. The Balaban J connectivity index is 1.65. The summed E-state index contributed by atoms with van der Waals surface area (Å²) in [4.78, 5) is 28.4. The summed E-state index contributed by atoms with van der Waals surface area (Å²) in [6.45, 7) is 7.32. The molecule has 3 aromatic rings. The normalized spacial score (nSPS) is 17.9. The molecule has 9 heteroatoms. The Kier molecular flexibility index (Phi) is 8.39. The first-order valence-electron chi connectivity index (χ1n) is 12.9. The molecule has 3 aromatic carbocycles. The summed E-state index contributed by atoms with van der Waals surface area (Å²) in [6.07, 6.45) is -4.47. The molecule has 0 bridgehead atoms. The molecule has 0 aliphatic carbocycles. The van der Waals surface area contributed by atoms with Crippen molar-refractivity contribution in [2.24, 2.45) is 5.92 Å². The number of benzene rings is 3. The summed E-state index contributed by atoms with van der Waals surface area (Å²) in [6, 6.07) is 19.0. The summed E-state index contributed by atoms with van der Waals surface area (Å²) >= 11 is 0. The Labute approximate surface area is 226 Å². The molecule has 0 radical (unpaired) electrons. The van der Waals surface area contributed by atoms with Gasteiger partial charge in [0.2, 0.25) is 0 Å². The van der Waals surface area contributed by atoms with E-state index in [1.54, 1.807) is 41.3 Å². The van der Waals surface area contributed by atoms with Gasteiger partial charge in [-0.05, 0) is 50.5 Å². The van der Waals surface area contributed by atoms with Gasteiger partial charge in [-0.2, -0.15) is 13.2 Å². The second kappa shape index (κ2) is 11.6. The zero-order valence-corrected chi connectivity index (χ0v) is 22.2. The van der Waals surface area contributed by atoms with Crippen LogP contribution in [0.2, 0.25) is 0 Å². The van der Waals surface area contributed by atoms with Gasteiger partial charge in [0.05, 0.1) is 10.5 Å². The Morgan fingerprint density at radius 3 is 2.38 bits per heavy atom. The van der Waals surface area contributed by atoms with Crippen LogP contribution in [0, 0.1) is 23.0 Å². The van der Waals surface area contributed by atoms with Crippen LogP contribution in [0.1, 0.15) is 52.4 Å². The van der Waals surface area contributed by atoms with Crippen LogP contribution in [-0.2, 0) is 12.7 Å². The Morgan fingerprint density at radius 1 is 1.05 bits per heavy atom. The van der Waals surface area contributed by atoms with Crippen molar-refractivity contribution >= 4 is 11.6 Å². The summed E-state index contributed by atoms with van der Waals surface area (Å²) in [5.41, 5.74) is 1.98. The highest BCUT2D eigenvalue weighted by molar-refractivity contribution is 5.94. The molecule has 0 aromatic heterocycles. The van der Waals surface area contributed by atoms with Crippen molar-refractivity contribution in [3.63, 3.8) is 0 Å². The number of nitro groups is 1. The predicted octanol–water partition coefficient (Wildman–Crippen LogP) is 6.69. The third kappa shape index (κ3) is 6.65. The van der Waals surface area contributed by atoms with E-state index < -0.39 is 16.7 Å². The van der Waals surface area contributed by atoms with Gasteiger partial charge in [-0.1, -0.05) is 54.1 Å². The molecule has 1 saturated heterocycles. The van der Waals surface area contributed by atoms with Crippen LogP contribution in [0.25, 0.3) is 0 Å². The molecule has 2 unspecified atom stereocenters. The van der Waals surface area contributed by atoms with Crippen molar-refractivity contribution in [3.8, 4) is 0 Å². The molecule has 4 rings (SSSR count). The van der Waals surface area contributed by atoms with Crippen molar-refractivity contribution in [2.45, 2.75) is 45.5 Å². The SMILES string of the molecule is Cc1ccc(C(=O)N(CC2CN(Cc3ccccc3[N+](=O)[O-])CC2c2cccc(C(F)(F)F)c2)C(C)C)cc1. The lowest BCUT2D eigenvalue weighted by atomic mass is 9.87. The van der Waals surface area contributed by atoms with Gasteiger partial charge in [-0.25, -0.2) is 0 Å². The van der Waals surface area contributed by atoms with Gasteiger partial charge in [0.15, 0.2) is 0 Å². The Morgan fingerprint density at radius 2 is 1.74 bits per heavy atom. The van der Waals surface area contributed by atoms with E-state index in [-0.39, 0.29) is 36.0 Å². The quantitative estimate of drug-likeness (QED) is 0.236. The van der Waals surface area contributed by atoms with Gasteiger partial charge < -0.3 is 4.90 Å². The molecule has 39 heavy (non-hydrogen) atoms. The number of nitrogens with zero attached hydrogens (tertiary/aromatic N) is 3. The number of hydrogen-bond donors (Lipinski definition) is 0. The highest BCUT2D eigenvalue weighted by Gasteiger charge is 2.38. The van der Waals surface area contributed by atoms with Crippen molar-refractivity contribution in [3.05, 3.63) is 111 Å². The molecule has 0 saturated carbocycles. The van der Waals surface area contributed by atoms with E-state index in [1.807, 2.05) is 37.8 Å². The maximum atomic E-state index is 13.5. The second-order valence-corrected chi connectivity index (χ2v) is 10.5. The van der Waals surface area contributed by atoms with Gasteiger partial charge in [0.25, 0.3) is 11.6 Å². The van der Waals surface area contributed by atoms with E-state index in [0.717, 1.165) is 11.6 Å². The number of alkyl halides is 3. The molecule has 1 aliphatic rings. The first-order chi connectivity index (χ1) is 18.4.